The highest BCUT2D eigenvalue weighted by molar-refractivity contribution is 6.69. The van der Waals surface area contributed by atoms with Crippen LogP contribution in [0.1, 0.15) is 73.1 Å². The van der Waals surface area contributed by atoms with E-state index in [4.69, 9.17) is 8.85 Å². The van der Waals surface area contributed by atoms with E-state index >= 15 is 0 Å². The molecule has 0 N–H and O–H groups in total. The van der Waals surface area contributed by atoms with Gasteiger partial charge in [-0.25, -0.2) is 0 Å². The zero-order chi connectivity index (χ0) is 14.1. The predicted molar refractivity (Wildman–Crippen MR) is 82.3 cm³/mol. The van der Waals surface area contributed by atoms with Gasteiger partial charge < -0.3 is 8.85 Å². The molecule has 0 radical (unpaired) electrons. The van der Waals surface area contributed by atoms with Crippen LogP contribution in [0, 0.1) is 0 Å². The van der Waals surface area contributed by atoms with Crippen LogP contribution < -0.4 is 0 Å². The molecule has 0 aromatic heterocycles. The average molecular weight is 275 g/mol. The molecule has 0 aromatic carbocycles. The lowest BCUT2D eigenvalue weighted by Crippen LogP contribution is -2.49. The van der Waals surface area contributed by atoms with Crippen molar-refractivity contribution in [2.75, 3.05) is 13.2 Å². The van der Waals surface area contributed by atoms with Gasteiger partial charge in [0.2, 0.25) is 0 Å². The highest BCUT2D eigenvalue weighted by Gasteiger charge is 2.47. The fraction of sp³-hybridized carbons (Fsp3) is 1.00. The van der Waals surface area contributed by atoms with E-state index < -0.39 is 8.56 Å². The summed E-state index contributed by atoms with van der Waals surface area (Å²) in [5, 5.41) is 0.198. The summed E-state index contributed by atoms with van der Waals surface area (Å²) in [6, 6.07) is 0. The van der Waals surface area contributed by atoms with Crippen LogP contribution in [0.15, 0.2) is 0 Å². The first-order chi connectivity index (χ1) is 8.43. The Morgan fingerprint density at radius 1 is 0.833 bits per heavy atom. The van der Waals surface area contributed by atoms with Gasteiger partial charge in [-0.05, 0) is 25.8 Å². The average Bonchev–Trinajstić information content (AvgIpc) is 2.29. The highest BCUT2D eigenvalue weighted by Crippen LogP contribution is 2.42. The Hall–Kier alpha value is 0.137. The van der Waals surface area contributed by atoms with Crippen molar-refractivity contribution in [3.63, 3.8) is 0 Å². The maximum Gasteiger partial charge on any atom is 0.340 e. The van der Waals surface area contributed by atoms with Crippen molar-refractivity contribution in [3.05, 3.63) is 0 Å². The van der Waals surface area contributed by atoms with Gasteiger partial charge in [-0.2, -0.15) is 0 Å². The molecule has 0 atom stereocenters. The molecule has 18 heavy (non-hydrogen) atoms. The number of hydrogen-bond acceptors (Lipinski definition) is 2. The minimum Gasteiger partial charge on any atom is -0.394 e. The number of unbranched alkanes of at least 4 members (excludes halogenated alkanes) is 2. The van der Waals surface area contributed by atoms with E-state index in [1.54, 1.807) is 0 Å². The van der Waals surface area contributed by atoms with Crippen LogP contribution >= 0.6 is 0 Å². The van der Waals surface area contributed by atoms with Crippen molar-refractivity contribution >= 4 is 8.56 Å². The normalized spacial score (nSPS) is 13.0. The Morgan fingerprint density at radius 3 is 1.61 bits per heavy atom. The third-order valence-corrected chi connectivity index (χ3v) is 8.07. The van der Waals surface area contributed by atoms with E-state index in [2.05, 4.69) is 41.2 Å². The van der Waals surface area contributed by atoms with E-state index in [1.807, 2.05) is 0 Å². The Morgan fingerprint density at radius 2 is 1.28 bits per heavy atom. The molecule has 0 unspecified atom stereocenters. The van der Waals surface area contributed by atoms with E-state index in [-0.39, 0.29) is 5.04 Å². The molecule has 0 saturated carbocycles. The van der Waals surface area contributed by atoms with Crippen molar-refractivity contribution in [2.45, 2.75) is 84.7 Å². The lowest BCUT2D eigenvalue weighted by Gasteiger charge is -2.40. The molecule has 0 amide bonds. The van der Waals surface area contributed by atoms with Crippen LogP contribution in [0.5, 0.6) is 0 Å². The van der Waals surface area contributed by atoms with Gasteiger partial charge in [0, 0.05) is 18.3 Å². The molecule has 0 aliphatic heterocycles. The fourth-order valence-electron chi connectivity index (χ4n) is 2.11. The summed E-state index contributed by atoms with van der Waals surface area (Å²) in [7, 11) is -2.07. The Labute approximate surface area is 116 Å². The van der Waals surface area contributed by atoms with Crippen molar-refractivity contribution in [3.8, 4) is 0 Å². The molecule has 3 heteroatoms. The first kappa shape index (κ1) is 18.1. The molecule has 0 aromatic rings. The second-order valence-corrected chi connectivity index (χ2v) is 9.81. The van der Waals surface area contributed by atoms with Crippen LogP contribution in [0.2, 0.25) is 11.6 Å². The molecule has 0 saturated heterocycles. The smallest absolute Gasteiger partial charge is 0.340 e. The van der Waals surface area contributed by atoms with Gasteiger partial charge in [0.15, 0.2) is 0 Å². The summed E-state index contributed by atoms with van der Waals surface area (Å²) in [5.41, 5.74) is 0. The Kier molecular flexibility index (Phi) is 9.18. The summed E-state index contributed by atoms with van der Waals surface area (Å²) < 4.78 is 12.5. The minimum absolute atomic E-state index is 0.198. The number of rotatable bonds is 11. The SMILES string of the molecule is CCCCO[Si](C)(OCCCC)C(C)(C)CCC. The topological polar surface area (TPSA) is 18.5 Å². The van der Waals surface area contributed by atoms with Gasteiger partial charge in [0.25, 0.3) is 0 Å². The standard InChI is InChI=1S/C15H34O2Si/c1-7-10-13-16-18(6,17-14-11-8-2)15(4,5)12-9-3/h7-14H2,1-6H3. The van der Waals surface area contributed by atoms with Gasteiger partial charge in [-0.3, -0.25) is 0 Å². The van der Waals surface area contributed by atoms with Crippen LogP contribution in [-0.2, 0) is 8.85 Å². The van der Waals surface area contributed by atoms with Crippen LogP contribution in [0.4, 0.5) is 0 Å². The highest BCUT2D eigenvalue weighted by atomic mass is 28.4. The molecule has 0 rings (SSSR count). The third kappa shape index (κ3) is 5.85. The molecule has 0 aliphatic rings. The molecule has 0 heterocycles. The predicted octanol–water partition coefficient (Wildman–Crippen LogP) is 5.27. The fourth-order valence-corrected chi connectivity index (χ4v) is 4.74. The Bertz CT molecular complexity index is 195. The molecule has 0 bridgehead atoms. The van der Waals surface area contributed by atoms with E-state index in [0.717, 1.165) is 26.1 Å². The largest absolute Gasteiger partial charge is 0.394 e. The van der Waals surface area contributed by atoms with E-state index in [0.29, 0.717) is 0 Å². The first-order valence-electron chi connectivity index (χ1n) is 7.71. The molecular weight excluding hydrogens is 240 g/mol. The van der Waals surface area contributed by atoms with E-state index in [1.165, 1.54) is 25.7 Å². The monoisotopic (exact) mass is 274 g/mol. The lowest BCUT2D eigenvalue weighted by atomic mass is 10.1. The van der Waals surface area contributed by atoms with E-state index in [9.17, 15) is 0 Å². The van der Waals surface area contributed by atoms with Gasteiger partial charge in [-0.1, -0.05) is 53.9 Å². The second-order valence-electron chi connectivity index (χ2n) is 5.98. The lowest BCUT2D eigenvalue weighted by molar-refractivity contribution is 0.144. The maximum atomic E-state index is 6.25. The summed E-state index contributed by atoms with van der Waals surface area (Å²) >= 11 is 0. The van der Waals surface area contributed by atoms with Crippen molar-refractivity contribution in [1.82, 2.24) is 0 Å². The van der Waals surface area contributed by atoms with Gasteiger partial charge in [0.05, 0.1) is 0 Å². The summed E-state index contributed by atoms with van der Waals surface area (Å²) in [5.74, 6) is 0. The number of hydrogen-bond donors (Lipinski definition) is 0. The minimum atomic E-state index is -2.07. The molecule has 110 valence electrons. The molecule has 0 aliphatic carbocycles. The van der Waals surface area contributed by atoms with Gasteiger partial charge in [0.1, 0.15) is 0 Å². The third-order valence-electron chi connectivity index (χ3n) is 3.86. The molecule has 2 nitrogen and oxygen atoms in total. The van der Waals surface area contributed by atoms with Crippen molar-refractivity contribution < 1.29 is 8.85 Å². The van der Waals surface area contributed by atoms with Crippen molar-refractivity contribution in [2.24, 2.45) is 0 Å². The van der Waals surface area contributed by atoms with Crippen LogP contribution in [-0.4, -0.2) is 21.8 Å². The zero-order valence-corrected chi connectivity index (χ0v) is 14.5. The van der Waals surface area contributed by atoms with Crippen LogP contribution in [0.3, 0.4) is 0 Å². The summed E-state index contributed by atoms with van der Waals surface area (Å²) in [6.45, 7) is 15.3. The molecule has 0 fully saturated rings. The zero-order valence-electron chi connectivity index (χ0n) is 13.5. The van der Waals surface area contributed by atoms with Crippen LogP contribution in [0.25, 0.3) is 0 Å². The summed E-state index contributed by atoms with van der Waals surface area (Å²) in [4.78, 5) is 0. The van der Waals surface area contributed by atoms with Gasteiger partial charge >= 0.3 is 8.56 Å². The van der Waals surface area contributed by atoms with Crippen molar-refractivity contribution in [1.29, 1.82) is 0 Å². The quantitative estimate of drug-likeness (QED) is 0.377. The molecular formula is C15H34O2Si. The first-order valence-corrected chi connectivity index (χ1v) is 10.0. The Balaban J connectivity index is 4.55. The van der Waals surface area contributed by atoms with Gasteiger partial charge in [-0.15, -0.1) is 0 Å². The molecule has 0 spiro atoms. The summed E-state index contributed by atoms with van der Waals surface area (Å²) in [6.07, 6.45) is 7.04. The second kappa shape index (κ2) is 9.11. The maximum absolute atomic E-state index is 6.25.